The summed E-state index contributed by atoms with van der Waals surface area (Å²) in [5.41, 5.74) is 5.98. The first kappa shape index (κ1) is 13.5. The highest BCUT2D eigenvalue weighted by atomic mass is 32.2. The van der Waals surface area contributed by atoms with Gasteiger partial charge in [-0.25, -0.2) is 18.7 Å². The number of nitrogen functional groups attached to an aromatic ring is 1. The Bertz CT molecular complexity index is 592. The summed E-state index contributed by atoms with van der Waals surface area (Å²) < 4.78 is 26.2. The number of hydrogen-bond acceptors (Lipinski definition) is 5. The molecule has 1 aromatic heterocycles. The molecule has 100 valence electrons. The Balaban J connectivity index is 2.12. The molecule has 0 unspecified atom stereocenters. The minimum Gasteiger partial charge on any atom is -0.383 e. The predicted molar refractivity (Wildman–Crippen MR) is 71.9 cm³/mol. The fourth-order valence-electron chi connectivity index (χ4n) is 1.48. The summed E-state index contributed by atoms with van der Waals surface area (Å²) in [7, 11) is 0. The van der Waals surface area contributed by atoms with Crippen LogP contribution in [0.3, 0.4) is 0 Å². The van der Waals surface area contributed by atoms with Gasteiger partial charge < -0.3 is 11.1 Å². The van der Waals surface area contributed by atoms with Gasteiger partial charge in [0.25, 0.3) is 0 Å². The minimum atomic E-state index is -0.600. The van der Waals surface area contributed by atoms with E-state index in [2.05, 4.69) is 15.3 Å². The first-order valence-corrected chi connectivity index (χ1v) is 6.67. The molecule has 0 bridgehead atoms. The van der Waals surface area contributed by atoms with Crippen LogP contribution in [0.15, 0.2) is 29.4 Å². The molecule has 0 aliphatic heterocycles. The molecule has 0 atom stereocenters. The standard InChI is InChI=1S/C12H12F2N4S/c1-19-12-17-10(15)5-11(18-12)16-6-7-2-3-8(13)4-9(7)14/h2-5H,6H2,1H3,(H3,15,16,17,18). The smallest absolute Gasteiger partial charge is 0.191 e. The zero-order chi connectivity index (χ0) is 13.8. The van der Waals surface area contributed by atoms with E-state index in [1.165, 1.54) is 23.9 Å². The normalized spacial score (nSPS) is 10.5. The number of thioether (sulfide) groups is 1. The van der Waals surface area contributed by atoms with Gasteiger partial charge >= 0.3 is 0 Å². The van der Waals surface area contributed by atoms with Gasteiger partial charge in [-0.3, -0.25) is 0 Å². The molecule has 4 nitrogen and oxygen atoms in total. The van der Waals surface area contributed by atoms with Crippen LogP contribution in [0, 0.1) is 11.6 Å². The summed E-state index contributed by atoms with van der Waals surface area (Å²) in [6.45, 7) is 0.191. The number of aromatic nitrogens is 2. The molecule has 1 heterocycles. The Morgan fingerprint density at radius 1 is 1.26 bits per heavy atom. The van der Waals surface area contributed by atoms with Gasteiger partial charge in [-0.15, -0.1) is 0 Å². The molecule has 0 saturated heterocycles. The van der Waals surface area contributed by atoms with E-state index in [4.69, 9.17) is 5.73 Å². The topological polar surface area (TPSA) is 63.8 Å². The van der Waals surface area contributed by atoms with Gasteiger partial charge in [-0.2, -0.15) is 0 Å². The quantitative estimate of drug-likeness (QED) is 0.667. The van der Waals surface area contributed by atoms with Gasteiger partial charge in [0.15, 0.2) is 5.16 Å². The van der Waals surface area contributed by atoms with Crippen molar-refractivity contribution in [3.63, 3.8) is 0 Å². The number of nitrogens with zero attached hydrogens (tertiary/aromatic N) is 2. The Hall–Kier alpha value is -1.89. The molecule has 0 spiro atoms. The molecule has 2 rings (SSSR count). The Kier molecular flexibility index (Phi) is 4.16. The molecule has 0 aliphatic carbocycles. The second kappa shape index (κ2) is 5.83. The summed E-state index contributed by atoms with van der Waals surface area (Å²) >= 11 is 1.36. The maximum Gasteiger partial charge on any atom is 0.191 e. The van der Waals surface area contributed by atoms with Crippen molar-refractivity contribution in [2.75, 3.05) is 17.3 Å². The number of nitrogens with two attached hydrogens (primary N) is 1. The molecule has 0 aliphatic rings. The molecular weight excluding hydrogens is 270 g/mol. The fourth-order valence-corrected chi connectivity index (χ4v) is 1.86. The van der Waals surface area contributed by atoms with Crippen molar-refractivity contribution >= 4 is 23.4 Å². The number of anilines is 2. The van der Waals surface area contributed by atoms with Crippen molar-refractivity contribution < 1.29 is 8.78 Å². The van der Waals surface area contributed by atoms with Crippen molar-refractivity contribution in [1.82, 2.24) is 9.97 Å². The van der Waals surface area contributed by atoms with Gasteiger partial charge in [0.2, 0.25) is 0 Å². The molecular formula is C12H12F2N4S. The highest BCUT2D eigenvalue weighted by molar-refractivity contribution is 7.98. The van der Waals surface area contributed by atoms with Crippen LogP contribution in [0.25, 0.3) is 0 Å². The second-order valence-electron chi connectivity index (χ2n) is 3.75. The summed E-state index contributed by atoms with van der Waals surface area (Å²) in [5.74, 6) is -0.362. The van der Waals surface area contributed by atoms with E-state index < -0.39 is 11.6 Å². The summed E-state index contributed by atoms with van der Waals surface area (Å²) in [4.78, 5) is 8.18. The van der Waals surface area contributed by atoms with Crippen molar-refractivity contribution in [2.45, 2.75) is 11.7 Å². The molecule has 19 heavy (non-hydrogen) atoms. The lowest BCUT2D eigenvalue weighted by molar-refractivity contribution is 0.574. The van der Waals surface area contributed by atoms with Crippen molar-refractivity contribution in [2.24, 2.45) is 0 Å². The highest BCUT2D eigenvalue weighted by Gasteiger charge is 2.05. The van der Waals surface area contributed by atoms with E-state index in [0.717, 1.165) is 6.07 Å². The summed E-state index contributed by atoms with van der Waals surface area (Å²) in [5, 5.41) is 3.46. The van der Waals surface area contributed by atoms with E-state index >= 15 is 0 Å². The summed E-state index contributed by atoms with van der Waals surface area (Å²) in [6, 6.07) is 5.00. The van der Waals surface area contributed by atoms with Crippen molar-refractivity contribution in [3.8, 4) is 0 Å². The van der Waals surface area contributed by atoms with Crippen LogP contribution >= 0.6 is 11.8 Å². The molecule has 0 amide bonds. The van der Waals surface area contributed by atoms with Gasteiger partial charge in [0.1, 0.15) is 23.3 Å². The zero-order valence-electron chi connectivity index (χ0n) is 10.2. The lowest BCUT2D eigenvalue weighted by Crippen LogP contribution is -2.06. The van der Waals surface area contributed by atoms with E-state index in [-0.39, 0.29) is 6.54 Å². The second-order valence-corrected chi connectivity index (χ2v) is 4.53. The van der Waals surface area contributed by atoms with Crippen LogP contribution in [0.1, 0.15) is 5.56 Å². The molecule has 1 aromatic carbocycles. The van der Waals surface area contributed by atoms with Crippen LogP contribution in [-0.4, -0.2) is 16.2 Å². The van der Waals surface area contributed by atoms with Crippen LogP contribution < -0.4 is 11.1 Å². The van der Waals surface area contributed by atoms with Gasteiger partial charge in [0, 0.05) is 24.2 Å². The van der Waals surface area contributed by atoms with E-state index in [9.17, 15) is 8.78 Å². The fraction of sp³-hybridized carbons (Fsp3) is 0.167. The van der Waals surface area contributed by atoms with Gasteiger partial charge in [-0.05, 0) is 12.3 Å². The maximum atomic E-state index is 13.4. The zero-order valence-corrected chi connectivity index (χ0v) is 11.0. The van der Waals surface area contributed by atoms with Crippen LogP contribution in [0.5, 0.6) is 0 Å². The Morgan fingerprint density at radius 3 is 2.74 bits per heavy atom. The predicted octanol–water partition coefficient (Wildman–Crippen LogP) is 2.67. The monoisotopic (exact) mass is 282 g/mol. The first-order chi connectivity index (χ1) is 9.08. The number of nitrogens with one attached hydrogen (secondary N) is 1. The van der Waals surface area contributed by atoms with Crippen LogP contribution in [0.4, 0.5) is 20.4 Å². The number of halogens is 2. The van der Waals surface area contributed by atoms with E-state index in [1.54, 1.807) is 6.07 Å². The average molecular weight is 282 g/mol. The first-order valence-electron chi connectivity index (χ1n) is 5.45. The number of benzene rings is 1. The molecule has 3 N–H and O–H groups in total. The number of hydrogen-bond donors (Lipinski definition) is 2. The van der Waals surface area contributed by atoms with Crippen molar-refractivity contribution in [3.05, 3.63) is 41.5 Å². The Morgan fingerprint density at radius 2 is 2.05 bits per heavy atom. The molecule has 0 fully saturated rings. The summed E-state index contributed by atoms with van der Waals surface area (Å²) in [6.07, 6.45) is 1.83. The van der Waals surface area contributed by atoms with Crippen LogP contribution in [-0.2, 0) is 6.54 Å². The SMILES string of the molecule is CSc1nc(N)cc(NCc2ccc(F)cc2F)n1. The molecule has 0 saturated carbocycles. The molecule has 7 heteroatoms. The maximum absolute atomic E-state index is 13.4. The number of rotatable bonds is 4. The Labute approximate surface area is 113 Å². The lowest BCUT2D eigenvalue weighted by Gasteiger charge is -2.08. The lowest BCUT2D eigenvalue weighted by atomic mass is 10.2. The van der Waals surface area contributed by atoms with Crippen LogP contribution in [0.2, 0.25) is 0 Å². The van der Waals surface area contributed by atoms with E-state index in [0.29, 0.717) is 22.4 Å². The highest BCUT2D eigenvalue weighted by Crippen LogP contribution is 2.17. The van der Waals surface area contributed by atoms with Crippen molar-refractivity contribution in [1.29, 1.82) is 0 Å². The van der Waals surface area contributed by atoms with Gasteiger partial charge in [0.05, 0.1) is 0 Å². The molecule has 0 radical (unpaired) electrons. The third kappa shape index (κ3) is 3.54. The van der Waals surface area contributed by atoms with E-state index in [1.807, 2.05) is 6.26 Å². The third-order valence-electron chi connectivity index (χ3n) is 2.38. The average Bonchev–Trinajstić information content (AvgIpc) is 2.37. The molecule has 2 aromatic rings. The minimum absolute atomic E-state index is 0.191. The van der Waals surface area contributed by atoms with Gasteiger partial charge in [-0.1, -0.05) is 17.8 Å². The largest absolute Gasteiger partial charge is 0.383 e. The third-order valence-corrected chi connectivity index (χ3v) is 2.93.